The van der Waals surface area contributed by atoms with E-state index < -0.39 is 0 Å². The summed E-state index contributed by atoms with van der Waals surface area (Å²) < 4.78 is 0. The highest BCUT2D eigenvalue weighted by atomic mass is 16.1. The Kier molecular flexibility index (Phi) is 5.64. The number of rotatable bonds is 4. The maximum atomic E-state index is 11.7. The van der Waals surface area contributed by atoms with Crippen LogP contribution in [-0.4, -0.2) is 73.5 Å². The van der Waals surface area contributed by atoms with Gasteiger partial charge in [0.25, 0.3) is 0 Å². The van der Waals surface area contributed by atoms with Gasteiger partial charge in [-0.25, -0.2) is 0 Å². The van der Waals surface area contributed by atoms with E-state index in [4.69, 9.17) is 4.99 Å². The van der Waals surface area contributed by atoms with Crippen LogP contribution in [0.4, 0.5) is 0 Å². The number of nitrogens with zero attached hydrogens (tertiary/aromatic N) is 3. The Hall–Kier alpha value is -1.30. The number of guanidine groups is 1. The molecule has 2 unspecified atom stereocenters. The number of nitrogens with one attached hydrogen (secondary N) is 2. The Labute approximate surface area is 146 Å². The van der Waals surface area contributed by atoms with Crippen LogP contribution < -0.4 is 10.6 Å². The van der Waals surface area contributed by atoms with Crippen LogP contribution in [0.15, 0.2) is 4.99 Å². The van der Waals surface area contributed by atoms with E-state index in [1.54, 1.807) is 0 Å². The molecule has 3 aliphatic rings. The van der Waals surface area contributed by atoms with Gasteiger partial charge in [-0.15, -0.1) is 0 Å². The summed E-state index contributed by atoms with van der Waals surface area (Å²) in [4.78, 5) is 21.6. The first-order valence-electron chi connectivity index (χ1n) is 9.70. The van der Waals surface area contributed by atoms with Crippen molar-refractivity contribution in [2.45, 2.75) is 52.0 Å². The number of likely N-dealkylation sites (N-methyl/N-ethyl adjacent to an activating group) is 1. The van der Waals surface area contributed by atoms with Gasteiger partial charge in [0.1, 0.15) is 0 Å². The molecule has 0 bridgehead atoms. The molecule has 0 aliphatic carbocycles. The summed E-state index contributed by atoms with van der Waals surface area (Å²) >= 11 is 0. The van der Waals surface area contributed by atoms with Crippen LogP contribution in [0, 0.1) is 5.41 Å². The minimum absolute atomic E-state index is 0.119. The van der Waals surface area contributed by atoms with Gasteiger partial charge in [0, 0.05) is 44.1 Å². The largest absolute Gasteiger partial charge is 0.357 e. The van der Waals surface area contributed by atoms with Gasteiger partial charge in [0.2, 0.25) is 5.91 Å². The van der Waals surface area contributed by atoms with Crippen LogP contribution in [-0.2, 0) is 4.79 Å². The van der Waals surface area contributed by atoms with Crippen molar-refractivity contribution >= 4 is 11.9 Å². The van der Waals surface area contributed by atoms with E-state index in [0.717, 1.165) is 58.1 Å². The third-order valence-electron chi connectivity index (χ3n) is 5.85. The van der Waals surface area contributed by atoms with E-state index in [2.05, 4.69) is 34.3 Å². The normalized spacial score (nSPS) is 31.8. The minimum Gasteiger partial charge on any atom is -0.357 e. The highest BCUT2D eigenvalue weighted by Crippen LogP contribution is 2.36. The van der Waals surface area contributed by atoms with E-state index in [9.17, 15) is 4.79 Å². The van der Waals surface area contributed by atoms with Crippen molar-refractivity contribution in [3.63, 3.8) is 0 Å². The Bertz CT molecular complexity index is 480. The molecule has 1 spiro atoms. The Balaban J connectivity index is 1.65. The molecule has 3 aliphatic heterocycles. The van der Waals surface area contributed by atoms with Gasteiger partial charge in [-0.2, -0.15) is 0 Å². The van der Waals surface area contributed by atoms with Crippen molar-refractivity contribution in [2.24, 2.45) is 10.4 Å². The smallest absolute Gasteiger partial charge is 0.220 e. The highest BCUT2D eigenvalue weighted by molar-refractivity contribution is 5.81. The molecule has 0 aromatic carbocycles. The highest BCUT2D eigenvalue weighted by Gasteiger charge is 2.42. The van der Waals surface area contributed by atoms with Crippen LogP contribution in [0.25, 0.3) is 0 Å². The third kappa shape index (κ3) is 3.85. The van der Waals surface area contributed by atoms with Crippen LogP contribution in [0.3, 0.4) is 0 Å². The average molecular weight is 335 g/mol. The molecule has 2 atom stereocenters. The molecule has 0 aromatic heterocycles. The van der Waals surface area contributed by atoms with Gasteiger partial charge in [-0.05, 0) is 45.7 Å². The molecule has 3 fully saturated rings. The minimum atomic E-state index is 0.119. The van der Waals surface area contributed by atoms with E-state index in [0.29, 0.717) is 12.5 Å². The third-order valence-corrected chi connectivity index (χ3v) is 5.85. The maximum Gasteiger partial charge on any atom is 0.220 e. The fourth-order valence-corrected chi connectivity index (χ4v) is 4.56. The first kappa shape index (κ1) is 17.5. The molecule has 2 N–H and O–H groups in total. The first-order chi connectivity index (χ1) is 11.7. The standard InChI is InChI=1S/C18H33N5O/c1-3-19-17(20-12-15-7-5-9-22(15)4-2)23-10-6-8-18(14-23)11-16(24)21-13-18/h15H,3-14H2,1-2H3,(H,19,20)(H,21,24). The lowest BCUT2D eigenvalue weighted by atomic mass is 9.79. The average Bonchev–Trinajstić information content (AvgIpc) is 3.18. The van der Waals surface area contributed by atoms with E-state index in [1.807, 2.05) is 0 Å². The van der Waals surface area contributed by atoms with Crippen LogP contribution in [0.5, 0.6) is 0 Å². The summed E-state index contributed by atoms with van der Waals surface area (Å²) in [5.41, 5.74) is 0.119. The zero-order chi connectivity index (χ0) is 17.0. The zero-order valence-electron chi connectivity index (χ0n) is 15.3. The topological polar surface area (TPSA) is 60.0 Å². The van der Waals surface area contributed by atoms with Gasteiger partial charge in [0.15, 0.2) is 5.96 Å². The van der Waals surface area contributed by atoms with Gasteiger partial charge in [-0.3, -0.25) is 14.7 Å². The monoisotopic (exact) mass is 335 g/mol. The van der Waals surface area contributed by atoms with Crippen molar-refractivity contribution in [3.8, 4) is 0 Å². The van der Waals surface area contributed by atoms with Crippen molar-refractivity contribution in [2.75, 3.05) is 45.8 Å². The summed E-state index contributed by atoms with van der Waals surface area (Å²) in [6, 6.07) is 0.595. The lowest BCUT2D eigenvalue weighted by Gasteiger charge is -2.41. The molecular formula is C18H33N5O. The van der Waals surface area contributed by atoms with Crippen molar-refractivity contribution in [1.82, 2.24) is 20.4 Å². The predicted octanol–water partition coefficient (Wildman–Crippen LogP) is 1.04. The van der Waals surface area contributed by atoms with Gasteiger partial charge in [-0.1, -0.05) is 6.92 Å². The quantitative estimate of drug-likeness (QED) is 0.595. The predicted molar refractivity (Wildman–Crippen MR) is 97.1 cm³/mol. The van der Waals surface area contributed by atoms with Crippen LogP contribution in [0.1, 0.15) is 46.0 Å². The molecule has 24 heavy (non-hydrogen) atoms. The Morgan fingerprint density at radius 3 is 2.96 bits per heavy atom. The van der Waals surface area contributed by atoms with Gasteiger partial charge >= 0.3 is 0 Å². The lowest BCUT2D eigenvalue weighted by Crippen LogP contribution is -2.51. The van der Waals surface area contributed by atoms with Crippen molar-refractivity contribution < 1.29 is 4.79 Å². The molecule has 3 rings (SSSR count). The fraction of sp³-hybridized carbons (Fsp3) is 0.889. The Morgan fingerprint density at radius 1 is 1.38 bits per heavy atom. The van der Waals surface area contributed by atoms with E-state index >= 15 is 0 Å². The molecule has 0 aromatic rings. The summed E-state index contributed by atoms with van der Waals surface area (Å²) in [5.74, 6) is 1.25. The van der Waals surface area contributed by atoms with Gasteiger partial charge < -0.3 is 15.5 Å². The number of hydrogen-bond donors (Lipinski definition) is 2. The number of likely N-dealkylation sites (tertiary alicyclic amines) is 2. The number of aliphatic imine (C=N–C) groups is 1. The van der Waals surface area contributed by atoms with Crippen molar-refractivity contribution in [1.29, 1.82) is 0 Å². The number of carbonyl (C=O) groups is 1. The lowest BCUT2D eigenvalue weighted by molar-refractivity contribution is -0.119. The maximum absolute atomic E-state index is 11.7. The van der Waals surface area contributed by atoms with E-state index in [-0.39, 0.29) is 11.3 Å². The second-order valence-electron chi connectivity index (χ2n) is 7.60. The number of hydrogen-bond acceptors (Lipinski definition) is 3. The van der Waals surface area contributed by atoms with Crippen LogP contribution >= 0.6 is 0 Å². The van der Waals surface area contributed by atoms with Gasteiger partial charge in [0.05, 0.1) is 6.54 Å². The summed E-state index contributed by atoms with van der Waals surface area (Å²) in [5, 5.41) is 6.51. The number of piperidine rings is 1. The molecule has 0 saturated carbocycles. The molecule has 136 valence electrons. The fourth-order valence-electron chi connectivity index (χ4n) is 4.56. The summed E-state index contributed by atoms with van der Waals surface area (Å²) in [7, 11) is 0. The second kappa shape index (κ2) is 7.72. The molecule has 3 heterocycles. The number of carbonyl (C=O) groups excluding carboxylic acids is 1. The summed E-state index contributed by atoms with van der Waals surface area (Å²) in [6.07, 6.45) is 5.52. The van der Waals surface area contributed by atoms with Crippen LogP contribution in [0.2, 0.25) is 0 Å². The first-order valence-corrected chi connectivity index (χ1v) is 9.70. The Morgan fingerprint density at radius 2 is 2.25 bits per heavy atom. The van der Waals surface area contributed by atoms with Crippen molar-refractivity contribution in [3.05, 3.63) is 0 Å². The number of amides is 1. The SMILES string of the molecule is CCNC(=NCC1CCCN1CC)N1CCCC2(CNC(=O)C2)C1. The summed E-state index contributed by atoms with van der Waals surface area (Å²) in [6.45, 7) is 11.3. The van der Waals surface area contributed by atoms with E-state index in [1.165, 1.54) is 19.4 Å². The molecule has 0 radical (unpaired) electrons. The molecule has 6 heteroatoms. The molecular weight excluding hydrogens is 302 g/mol. The molecule has 1 amide bonds. The second-order valence-corrected chi connectivity index (χ2v) is 7.60. The molecule has 6 nitrogen and oxygen atoms in total. The molecule has 3 saturated heterocycles. The zero-order valence-corrected chi connectivity index (χ0v) is 15.3.